The zero-order valence-electron chi connectivity index (χ0n) is 9.90. The average molecular weight is 257 g/mol. The van der Waals surface area contributed by atoms with Gasteiger partial charge in [-0.1, -0.05) is 54.1 Å². The monoisotopic (exact) mass is 256 g/mol. The molecule has 0 aliphatic heterocycles. The molecule has 1 nitrogen and oxygen atoms in total. The molecule has 0 aromatic heterocycles. The summed E-state index contributed by atoms with van der Waals surface area (Å²) in [5, 5.41) is 0.546. The molecule has 1 aliphatic carbocycles. The minimum atomic E-state index is -0.327. The summed E-state index contributed by atoms with van der Waals surface area (Å²) < 4.78 is 0. The maximum Gasteiger partial charge on any atom is 0.174 e. The van der Waals surface area contributed by atoms with Crippen LogP contribution in [-0.4, -0.2) is 5.78 Å². The molecule has 0 N–H and O–H groups in total. The average Bonchev–Trinajstić information content (AvgIpc) is 3.21. The van der Waals surface area contributed by atoms with Gasteiger partial charge in [0.05, 0.1) is 10.4 Å². The van der Waals surface area contributed by atoms with E-state index in [4.69, 9.17) is 11.6 Å². The van der Waals surface area contributed by atoms with Crippen molar-refractivity contribution in [3.63, 3.8) is 0 Å². The lowest BCUT2D eigenvalue weighted by Gasteiger charge is -2.15. The van der Waals surface area contributed by atoms with Crippen LogP contribution in [0.2, 0.25) is 5.02 Å². The Hall–Kier alpha value is -1.60. The van der Waals surface area contributed by atoms with Gasteiger partial charge < -0.3 is 0 Å². The smallest absolute Gasteiger partial charge is 0.174 e. The Bertz CT molecular complexity index is 585. The molecule has 0 heterocycles. The molecule has 0 unspecified atom stereocenters. The zero-order valence-corrected chi connectivity index (χ0v) is 10.7. The lowest BCUT2D eigenvalue weighted by Crippen LogP contribution is -2.20. The maximum absolute atomic E-state index is 12.7. The van der Waals surface area contributed by atoms with E-state index in [0.717, 1.165) is 18.4 Å². The first-order chi connectivity index (χ1) is 8.74. The van der Waals surface area contributed by atoms with E-state index in [0.29, 0.717) is 10.6 Å². The Labute approximate surface area is 111 Å². The topological polar surface area (TPSA) is 17.1 Å². The molecule has 0 bridgehead atoms. The van der Waals surface area contributed by atoms with Crippen LogP contribution in [-0.2, 0) is 5.41 Å². The summed E-state index contributed by atoms with van der Waals surface area (Å²) in [6, 6.07) is 17.3. The minimum Gasteiger partial charge on any atom is -0.293 e. The zero-order chi connectivity index (χ0) is 12.6. The van der Waals surface area contributed by atoms with Crippen LogP contribution in [0.4, 0.5) is 0 Å². The lowest BCUT2D eigenvalue weighted by molar-refractivity contribution is 0.0946. The second-order valence-corrected chi connectivity index (χ2v) is 5.16. The molecule has 1 fully saturated rings. The van der Waals surface area contributed by atoms with Gasteiger partial charge in [-0.25, -0.2) is 0 Å². The first-order valence-electron chi connectivity index (χ1n) is 6.09. The Morgan fingerprint density at radius 2 is 1.56 bits per heavy atom. The van der Waals surface area contributed by atoms with Gasteiger partial charge in [0.25, 0.3) is 0 Å². The van der Waals surface area contributed by atoms with Crippen LogP contribution >= 0.6 is 11.6 Å². The highest BCUT2D eigenvalue weighted by Crippen LogP contribution is 2.50. The number of Topliss-reactive ketones (excluding diaryl/α,β-unsaturated/α-hetero) is 1. The highest BCUT2D eigenvalue weighted by molar-refractivity contribution is 6.34. The number of benzene rings is 2. The number of carbonyl (C=O) groups is 1. The fourth-order valence-corrected chi connectivity index (χ4v) is 2.65. The SMILES string of the molecule is O=C(c1ccccc1Cl)C1(c2ccccc2)CC1. The highest BCUT2D eigenvalue weighted by atomic mass is 35.5. The normalized spacial score (nSPS) is 16.3. The van der Waals surface area contributed by atoms with Crippen LogP contribution in [0.1, 0.15) is 28.8 Å². The Kier molecular flexibility index (Phi) is 2.71. The molecular weight excluding hydrogens is 244 g/mol. The van der Waals surface area contributed by atoms with Crippen LogP contribution in [0, 0.1) is 0 Å². The fourth-order valence-electron chi connectivity index (χ4n) is 2.43. The number of halogens is 1. The molecule has 2 heteroatoms. The summed E-state index contributed by atoms with van der Waals surface area (Å²) in [5.74, 6) is 0.152. The summed E-state index contributed by atoms with van der Waals surface area (Å²) in [6.45, 7) is 0. The van der Waals surface area contributed by atoms with Crippen molar-refractivity contribution in [3.8, 4) is 0 Å². The number of carbonyl (C=O) groups excluding carboxylic acids is 1. The second kappa shape index (κ2) is 4.25. The lowest BCUT2D eigenvalue weighted by atomic mass is 9.87. The van der Waals surface area contributed by atoms with Gasteiger partial charge in [-0.05, 0) is 30.5 Å². The first-order valence-corrected chi connectivity index (χ1v) is 6.47. The van der Waals surface area contributed by atoms with Crippen molar-refractivity contribution < 1.29 is 4.79 Å². The number of hydrogen-bond donors (Lipinski definition) is 0. The summed E-state index contributed by atoms with van der Waals surface area (Å²) >= 11 is 6.12. The predicted molar refractivity (Wildman–Crippen MR) is 73.1 cm³/mol. The van der Waals surface area contributed by atoms with E-state index in [1.54, 1.807) is 6.07 Å². The third-order valence-corrected chi connectivity index (χ3v) is 3.96. The van der Waals surface area contributed by atoms with Gasteiger partial charge in [0, 0.05) is 5.56 Å². The van der Waals surface area contributed by atoms with Crippen LogP contribution in [0.25, 0.3) is 0 Å². The van der Waals surface area contributed by atoms with Crippen molar-refractivity contribution in [2.75, 3.05) is 0 Å². The maximum atomic E-state index is 12.7. The van der Waals surface area contributed by atoms with E-state index in [1.165, 1.54) is 0 Å². The van der Waals surface area contributed by atoms with Crippen LogP contribution in [0.15, 0.2) is 54.6 Å². The van der Waals surface area contributed by atoms with Crippen LogP contribution in [0.3, 0.4) is 0 Å². The summed E-state index contributed by atoms with van der Waals surface area (Å²) in [6.07, 6.45) is 1.84. The Morgan fingerprint density at radius 3 is 2.17 bits per heavy atom. The fraction of sp³-hybridized carbons (Fsp3) is 0.188. The Morgan fingerprint density at radius 1 is 0.944 bits per heavy atom. The molecular formula is C16H13ClO. The van der Waals surface area contributed by atoms with Gasteiger partial charge in [0.15, 0.2) is 5.78 Å². The molecule has 1 saturated carbocycles. The molecule has 90 valence electrons. The summed E-state index contributed by atoms with van der Waals surface area (Å²) in [4.78, 5) is 12.7. The van der Waals surface area contributed by atoms with Crippen molar-refractivity contribution in [2.24, 2.45) is 0 Å². The minimum absolute atomic E-state index is 0.152. The van der Waals surface area contributed by atoms with Crippen molar-refractivity contribution >= 4 is 17.4 Å². The van der Waals surface area contributed by atoms with Gasteiger partial charge in [-0.15, -0.1) is 0 Å². The first kappa shape index (κ1) is 11.5. The van der Waals surface area contributed by atoms with Gasteiger partial charge in [0.2, 0.25) is 0 Å². The van der Waals surface area contributed by atoms with Crippen molar-refractivity contribution in [1.82, 2.24) is 0 Å². The second-order valence-electron chi connectivity index (χ2n) is 4.76. The van der Waals surface area contributed by atoms with Crippen molar-refractivity contribution in [3.05, 3.63) is 70.7 Å². The van der Waals surface area contributed by atoms with Gasteiger partial charge in [-0.3, -0.25) is 4.79 Å². The van der Waals surface area contributed by atoms with Gasteiger partial charge in [-0.2, -0.15) is 0 Å². The quantitative estimate of drug-likeness (QED) is 0.750. The van der Waals surface area contributed by atoms with Crippen LogP contribution in [0.5, 0.6) is 0 Å². The third-order valence-electron chi connectivity index (χ3n) is 3.63. The number of rotatable bonds is 3. The molecule has 0 spiro atoms. The summed E-state index contributed by atoms with van der Waals surface area (Å²) in [5.41, 5.74) is 1.42. The molecule has 0 atom stereocenters. The molecule has 1 aliphatic rings. The van der Waals surface area contributed by atoms with Crippen LogP contribution < -0.4 is 0 Å². The van der Waals surface area contributed by atoms with Crippen molar-refractivity contribution in [2.45, 2.75) is 18.3 Å². The molecule has 0 amide bonds. The summed E-state index contributed by atoms with van der Waals surface area (Å²) in [7, 11) is 0. The highest BCUT2D eigenvalue weighted by Gasteiger charge is 2.51. The molecule has 3 rings (SSSR count). The van der Waals surface area contributed by atoms with E-state index in [2.05, 4.69) is 0 Å². The Balaban J connectivity index is 2.01. The van der Waals surface area contributed by atoms with Gasteiger partial charge in [0.1, 0.15) is 0 Å². The largest absolute Gasteiger partial charge is 0.293 e. The standard InChI is InChI=1S/C16H13ClO/c17-14-9-5-4-8-13(14)15(18)16(10-11-16)12-6-2-1-3-7-12/h1-9H,10-11H2. The predicted octanol–water partition coefficient (Wildman–Crippen LogP) is 4.25. The van der Waals surface area contributed by atoms with E-state index >= 15 is 0 Å². The molecule has 0 saturated heterocycles. The van der Waals surface area contributed by atoms with Gasteiger partial charge >= 0.3 is 0 Å². The van der Waals surface area contributed by atoms with E-state index in [-0.39, 0.29) is 11.2 Å². The van der Waals surface area contributed by atoms with E-state index in [9.17, 15) is 4.79 Å². The third kappa shape index (κ3) is 1.75. The molecule has 2 aromatic rings. The number of ketones is 1. The van der Waals surface area contributed by atoms with Crippen molar-refractivity contribution in [1.29, 1.82) is 0 Å². The molecule has 0 radical (unpaired) electrons. The molecule has 2 aromatic carbocycles. The van der Waals surface area contributed by atoms with E-state index in [1.807, 2.05) is 48.5 Å². The van der Waals surface area contributed by atoms with E-state index < -0.39 is 0 Å². The molecule has 18 heavy (non-hydrogen) atoms. The number of hydrogen-bond acceptors (Lipinski definition) is 1.